The van der Waals surface area contributed by atoms with Gasteiger partial charge in [-0.25, -0.2) is 14.5 Å². The van der Waals surface area contributed by atoms with Gasteiger partial charge in [-0.1, -0.05) is 24.3 Å². The van der Waals surface area contributed by atoms with Gasteiger partial charge in [-0.15, -0.1) is 11.3 Å². The molecule has 188 valence electrons. The fraction of sp³-hybridized carbons (Fsp3) is 0.542. The number of amides is 3. The van der Waals surface area contributed by atoms with Crippen LogP contribution in [0.3, 0.4) is 0 Å². The van der Waals surface area contributed by atoms with E-state index in [4.69, 9.17) is 0 Å². The number of para-hydroxylation sites is 1. The van der Waals surface area contributed by atoms with Crippen LogP contribution in [0.4, 0.5) is 4.79 Å². The number of hydrogen-bond donors (Lipinski definition) is 3. The minimum atomic E-state index is -3.86. The predicted octanol–water partition coefficient (Wildman–Crippen LogP) is 2.88. The molecule has 9 nitrogen and oxygen atoms in total. The molecular formula is C24H31N5O4S2. The van der Waals surface area contributed by atoms with E-state index in [-0.39, 0.29) is 5.91 Å². The topological polar surface area (TPSA) is 121 Å². The summed E-state index contributed by atoms with van der Waals surface area (Å²) in [6.07, 6.45) is 8.82. The van der Waals surface area contributed by atoms with Crippen LogP contribution in [0.2, 0.25) is 0 Å². The Bertz CT molecular complexity index is 1190. The molecule has 3 aliphatic rings. The maximum atomic E-state index is 12.6. The molecule has 2 aliphatic carbocycles. The van der Waals surface area contributed by atoms with E-state index in [1.165, 1.54) is 15.6 Å². The van der Waals surface area contributed by atoms with Crippen LogP contribution in [-0.4, -0.2) is 55.8 Å². The molecule has 2 fully saturated rings. The van der Waals surface area contributed by atoms with E-state index >= 15 is 0 Å². The Labute approximate surface area is 209 Å². The van der Waals surface area contributed by atoms with E-state index < -0.39 is 16.2 Å². The van der Waals surface area contributed by atoms with Crippen molar-refractivity contribution < 1.29 is 18.0 Å². The zero-order valence-corrected chi connectivity index (χ0v) is 21.1. The second-order valence-electron chi connectivity index (χ2n) is 9.73. The van der Waals surface area contributed by atoms with Crippen molar-refractivity contribution in [2.45, 2.75) is 32.1 Å². The third kappa shape index (κ3) is 5.68. The highest BCUT2D eigenvalue weighted by atomic mass is 32.2. The van der Waals surface area contributed by atoms with Gasteiger partial charge in [-0.2, -0.15) is 12.7 Å². The summed E-state index contributed by atoms with van der Waals surface area (Å²) in [4.78, 5) is 29.0. The number of nitrogens with zero attached hydrogens (tertiary/aromatic N) is 2. The molecule has 1 aromatic heterocycles. The number of benzene rings is 1. The number of rotatable bonds is 8. The van der Waals surface area contributed by atoms with Crippen LogP contribution < -0.4 is 15.4 Å². The number of fused-ring (bicyclic) bond motifs is 3. The molecule has 35 heavy (non-hydrogen) atoms. The minimum absolute atomic E-state index is 0.178. The zero-order chi connectivity index (χ0) is 24.4. The Kier molecular flexibility index (Phi) is 7.08. The van der Waals surface area contributed by atoms with Crippen molar-refractivity contribution >= 4 is 43.7 Å². The van der Waals surface area contributed by atoms with Crippen LogP contribution >= 0.6 is 11.3 Å². The number of thiazole rings is 1. The summed E-state index contributed by atoms with van der Waals surface area (Å²) in [5, 5.41) is 6.12. The van der Waals surface area contributed by atoms with Gasteiger partial charge in [0.1, 0.15) is 0 Å². The average molecular weight is 518 g/mol. The van der Waals surface area contributed by atoms with Gasteiger partial charge in [0.05, 0.1) is 10.2 Å². The van der Waals surface area contributed by atoms with Crippen molar-refractivity contribution in [3.05, 3.63) is 41.4 Å². The van der Waals surface area contributed by atoms with Gasteiger partial charge in [0.15, 0.2) is 5.01 Å². The molecule has 3 N–H and O–H groups in total. The number of urea groups is 1. The number of carbonyl (C=O) groups excluding carboxylic acids is 2. The normalized spacial score (nSPS) is 24.6. The lowest BCUT2D eigenvalue weighted by Crippen LogP contribution is -2.50. The van der Waals surface area contributed by atoms with Crippen LogP contribution in [0.5, 0.6) is 0 Å². The molecule has 1 aliphatic heterocycles. The summed E-state index contributed by atoms with van der Waals surface area (Å²) in [5.74, 6) is 1.65. The molecule has 0 unspecified atom stereocenters. The van der Waals surface area contributed by atoms with Gasteiger partial charge in [-0.3, -0.25) is 4.79 Å². The largest absolute Gasteiger partial charge is 0.350 e. The molecule has 0 spiro atoms. The van der Waals surface area contributed by atoms with Crippen LogP contribution in [0.25, 0.3) is 10.2 Å². The van der Waals surface area contributed by atoms with Gasteiger partial charge < -0.3 is 10.6 Å². The molecule has 1 aromatic carbocycles. The molecule has 2 aromatic rings. The first kappa shape index (κ1) is 24.2. The Morgan fingerprint density at radius 2 is 1.89 bits per heavy atom. The average Bonchev–Trinajstić information content (AvgIpc) is 3.58. The highest BCUT2D eigenvalue weighted by molar-refractivity contribution is 7.87. The van der Waals surface area contributed by atoms with Gasteiger partial charge in [-0.05, 0) is 67.9 Å². The lowest BCUT2D eigenvalue weighted by Gasteiger charge is -2.31. The van der Waals surface area contributed by atoms with E-state index in [2.05, 4.69) is 32.5 Å². The van der Waals surface area contributed by atoms with Crippen LogP contribution in [-0.2, 0) is 10.2 Å². The maximum absolute atomic E-state index is 12.6. The first-order chi connectivity index (χ1) is 16.9. The molecule has 1 saturated carbocycles. The Morgan fingerprint density at radius 1 is 1.09 bits per heavy atom. The second kappa shape index (κ2) is 10.2. The molecule has 11 heteroatoms. The SMILES string of the molecule is O=C(NC[C@@H]1C[C@@H]2C=C[C@@H]1C2)NS(=O)(=O)N1CCC(CCNC(=O)c2nc3ccccc3s2)CC1. The Morgan fingerprint density at radius 3 is 2.60 bits per heavy atom. The fourth-order valence-corrected chi connectivity index (χ4v) is 7.45. The molecule has 2 bridgehead atoms. The van der Waals surface area contributed by atoms with Crippen molar-refractivity contribution in [1.82, 2.24) is 24.6 Å². The van der Waals surface area contributed by atoms with E-state index in [9.17, 15) is 18.0 Å². The highest BCUT2D eigenvalue weighted by Gasteiger charge is 2.36. The summed E-state index contributed by atoms with van der Waals surface area (Å²) in [7, 11) is -3.86. The van der Waals surface area contributed by atoms with E-state index in [0.717, 1.165) is 29.5 Å². The number of nitrogens with one attached hydrogen (secondary N) is 3. The number of piperidine rings is 1. The lowest BCUT2D eigenvalue weighted by atomic mass is 9.94. The number of carbonyl (C=O) groups is 2. The van der Waals surface area contributed by atoms with Crippen LogP contribution in [0.15, 0.2) is 36.4 Å². The Hall–Kier alpha value is -2.50. The number of hydrogen-bond acceptors (Lipinski definition) is 6. The predicted molar refractivity (Wildman–Crippen MR) is 135 cm³/mol. The summed E-state index contributed by atoms with van der Waals surface area (Å²) in [6.45, 7) is 1.73. The molecule has 5 rings (SSSR count). The van der Waals surface area contributed by atoms with Crippen molar-refractivity contribution in [1.29, 1.82) is 0 Å². The molecule has 3 atom stereocenters. The third-order valence-electron chi connectivity index (χ3n) is 7.40. The number of allylic oxidation sites excluding steroid dienone is 2. The molecule has 3 amide bonds. The summed E-state index contributed by atoms with van der Waals surface area (Å²) >= 11 is 1.37. The second-order valence-corrected chi connectivity index (χ2v) is 12.4. The van der Waals surface area contributed by atoms with E-state index in [1.54, 1.807) is 0 Å². The van der Waals surface area contributed by atoms with Crippen molar-refractivity contribution in [2.75, 3.05) is 26.2 Å². The minimum Gasteiger partial charge on any atom is -0.350 e. The first-order valence-electron chi connectivity index (χ1n) is 12.2. The van der Waals surface area contributed by atoms with E-state index in [1.807, 2.05) is 24.3 Å². The third-order valence-corrected chi connectivity index (χ3v) is 9.93. The Balaban J connectivity index is 1.01. The highest BCUT2D eigenvalue weighted by Crippen LogP contribution is 2.42. The van der Waals surface area contributed by atoms with Crippen LogP contribution in [0, 0.1) is 23.7 Å². The van der Waals surface area contributed by atoms with Crippen molar-refractivity contribution in [3.63, 3.8) is 0 Å². The maximum Gasteiger partial charge on any atom is 0.329 e. The standard InChI is InChI=1S/C24H31N5O4S2/c30-22(23-27-20-3-1-2-4-21(20)34-23)25-10-7-16-8-11-29(12-9-16)35(32,33)28-24(31)26-15-19-14-17-5-6-18(19)13-17/h1-6,16-19H,7-15H2,(H,25,30)(H2,26,28,31)/t17-,18-,19+/m1/s1. The van der Waals surface area contributed by atoms with Crippen molar-refractivity contribution in [3.8, 4) is 0 Å². The van der Waals surface area contributed by atoms with E-state index in [0.29, 0.717) is 67.7 Å². The summed E-state index contributed by atoms with van der Waals surface area (Å²) in [6, 6.07) is 7.00. The summed E-state index contributed by atoms with van der Waals surface area (Å²) < 4.78 is 29.8. The molecule has 0 radical (unpaired) electrons. The lowest BCUT2D eigenvalue weighted by molar-refractivity contribution is 0.0949. The van der Waals surface area contributed by atoms with Gasteiger partial charge in [0.2, 0.25) is 0 Å². The van der Waals surface area contributed by atoms with Gasteiger partial charge >= 0.3 is 16.2 Å². The monoisotopic (exact) mass is 517 g/mol. The zero-order valence-electron chi connectivity index (χ0n) is 19.5. The van der Waals surface area contributed by atoms with Crippen molar-refractivity contribution in [2.24, 2.45) is 23.7 Å². The van der Waals surface area contributed by atoms with Gasteiger partial charge in [0, 0.05) is 26.2 Å². The van der Waals surface area contributed by atoms with Crippen LogP contribution in [0.1, 0.15) is 41.9 Å². The molecular weight excluding hydrogens is 486 g/mol. The quantitative estimate of drug-likeness (QED) is 0.465. The first-order valence-corrected chi connectivity index (χ1v) is 14.5. The smallest absolute Gasteiger partial charge is 0.329 e. The fourth-order valence-electron chi connectivity index (χ4n) is 5.44. The molecule has 2 heterocycles. The molecule has 1 saturated heterocycles. The number of aromatic nitrogens is 1. The summed E-state index contributed by atoms with van der Waals surface area (Å²) in [5.41, 5.74) is 0.821. The van der Waals surface area contributed by atoms with Gasteiger partial charge in [0.25, 0.3) is 5.91 Å².